The van der Waals surface area contributed by atoms with Gasteiger partial charge in [-0.1, -0.05) is 41.4 Å². The third kappa shape index (κ3) is 8.75. The Balaban J connectivity index is 0.000000316. The fourth-order valence-corrected chi connectivity index (χ4v) is 5.67. The van der Waals surface area contributed by atoms with E-state index in [1.54, 1.807) is 6.07 Å². The van der Waals surface area contributed by atoms with Gasteiger partial charge in [-0.25, -0.2) is 9.18 Å². The number of likely N-dealkylation sites (N-methyl/N-ethyl adjacent to an activating group) is 1. The number of piperidine rings is 1. The molecule has 226 valence electrons. The minimum Gasteiger partial charge on any atom is -0.481 e. The smallest absolute Gasteiger partial charge is 0.336 e. The molecule has 4 rings (SSSR count). The van der Waals surface area contributed by atoms with E-state index < -0.39 is 36.4 Å². The van der Waals surface area contributed by atoms with E-state index in [-0.39, 0.29) is 17.8 Å². The van der Waals surface area contributed by atoms with Gasteiger partial charge < -0.3 is 25.3 Å². The van der Waals surface area contributed by atoms with E-state index in [4.69, 9.17) is 43.6 Å². The van der Waals surface area contributed by atoms with Gasteiger partial charge in [0.05, 0.1) is 12.8 Å². The van der Waals surface area contributed by atoms with E-state index in [1.807, 2.05) is 35.2 Å². The first kappa shape index (κ1) is 33.0. The van der Waals surface area contributed by atoms with Crippen LogP contribution in [0.2, 0.25) is 10.0 Å². The molecule has 13 heteroatoms. The van der Waals surface area contributed by atoms with Crippen molar-refractivity contribution in [3.8, 4) is 0 Å². The molecule has 1 amide bonds. The summed E-state index contributed by atoms with van der Waals surface area (Å²) in [5.41, 5.74) is 0.178. The molecule has 2 aromatic rings. The van der Waals surface area contributed by atoms with Gasteiger partial charge in [0, 0.05) is 34.7 Å². The second kappa shape index (κ2) is 14.1. The number of carboxylic acid groups (broad SMARTS) is 3. The molecule has 0 radical (unpaired) electrons. The number of carbonyl (C=O) groups is 4. The predicted octanol–water partition coefficient (Wildman–Crippen LogP) is 4.03. The highest BCUT2D eigenvalue weighted by molar-refractivity contribution is 6.34. The first-order chi connectivity index (χ1) is 19.7. The van der Waals surface area contributed by atoms with Crippen LogP contribution in [0.5, 0.6) is 0 Å². The van der Waals surface area contributed by atoms with Gasteiger partial charge in [0.1, 0.15) is 5.82 Å². The summed E-state index contributed by atoms with van der Waals surface area (Å²) in [7, 11) is 2.07. The Kier molecular flexibility index (Phi) is 11.1. The van der Waals surface area contributed by atoms with Gasteiger partial charge in [0.2, 0.25) is 0 Å². The average molecular weight is 625 g/mol. The molecule has 2 atom stereocenters. The molecule has 0 spiro atoms. The number of aliphatic carboxylic acids is 3. The van der Waals surface area contributed by atoms with Crippen molar-refractivity contribution < 1.29 is 44.0 Å². The molecule has 0 saturated carbocycles. The SMILES string of the molecule is CN1CCC(c2ccc(F)cc2)CC1C1=CCN(Cc2cc(Cl)cc(Cl)c2)C1=O.O=C(O)CC(O)(CC(=O)O)C(=O)O. The van der Waals surface area contributed by atoms with E-state index >= 15 is 0 Å². The molecule has 0 aromatic heterocycles. The van der Waals surface area contributed by atoms with Crippen molar-refractivity contribution in [2.24, 2.45) is 0 Å². The molecule has 1 saturated heterocycles. The molecule has 2 aromatic carbocycles. The van der Waals surface area contributed by atoms with E-state index in [9.17, 15) is 23.6 Å². The van der Waals surface area contributed by atoms with Gasteiger partial charge in [-0.15, -0.1) is 0 Å². The zero-order chi connectivity index (χ0) is 31.2. The molecule has 2 aliphatic heterocycles. The molecular formula is C29H31Cl2FN2O8. The van der Waals surface area contributed by atoms with Crippen LogP contribution in [0.15, 0.2) is 54.1 Å². The quantitative estimate of drug-likeness (QED) is 0.323. The highest BCUT2D eigenvalue weighted by atomic mass is 35.5. The average Bonchev–Trinajstić information content (AvgIpc) is 3.23. The van der Waals surface area contributed by atoms with E-state index in [1.165, 1.54) is 12.1 Å². The number of likely N-dealkylation sites (tertiary alicyclic amines) is 1. The largest absolute Gasteiger partial charge is 0.481 e. The number of hydrogen-bond donors (Lipinski definition) is 4. The number of aliphatic hydroxyl groups is 1. The van der Waals surface area contributed by atoms with Crippen molar-refractivity contribution in [2.75, 3.05) is 20.1 Å². The van der Waals surface area contributed by atoms with Crippen molar-refractivity contribution in [1.82, 2.24) is 9.80 Å². The summed E-state index contributed by atoms with van der Waals surface area (Å²) in [4.78, 5) is 47.7. The van der Waals surface area contributed by atoms with Crippen molar-refractivity contribution >= 4 is 47.0 Å². The summed E-state index contributed by atoms with van der Waals surface area (Å²) < 4.78 is 13.3. The highest BCUT2D eigenvalue weighted by Gasteiger charge is 2.41. The number of hydrogen-bond acceptors (Lipinski definition) is 6. The monoisotopic (exact) mass is 624 g/mol. The first-order valence-electron chi connectivity index (χ1n) is 13.0. The van der Waals surface area contributed by atoms with Crippen LogP contribution in [0.3, 0.4) is 0 Å². The maximum absolute atomic E-state index is 13.3. The van der Waals surface area contributed by atoms with E-state index in [0.29, 0.717) is 29.1 Å². The Hall–Kier alpha value is -3.51. The van der Waals surface area contributed by atoms with Crippen LogP contribution in [0.25, 0.3) is 0 Å². The van der Waals surface area contributed by atoms with Crippen LogP contribution in [0, 0.1) is 5.82 Å². The van der Waals surface area contributed by atoms with E-state index in [2.05, 4.69) is 11.9 Å². The molecule has 10 nitrogen and oxygen atoms in total. The number of nitrogens with zero attached hydrogens (tertiary/aromatic N) is 2. The molecule has 1 fully saturated rings. The summed E-state index contributed by atoms with van der Waals surface area (Å²) in [5.74, 6) is -4.85. The van der Waals surface area contributed by atoms with Crippen molar-refractivity contribution in [1.29, 1.82) is 0 Å². The molecular weight excluding hydrogens is 594 g/mol. The van der Waals surface area contributed by atoms with Gasteiger partial charge >= 0.3 is 17.9 Å². The van der Waals surface area contributed by atoms with Crippen molar-refractivity contribution in [2.45, 2.75) is 49.8 Å². The van der Waals surface area contributed by atoms with Gasteiger partial charge in [-0.05, 0) is 73.8 Å². The van der Waals surface area contributed by atoms with Crippen molar-refractivity contribution in [3.63, 3.8) is 0 Å². The predicted molar refractivity (Wildman–Crippen MR) is 152 cm³/mol. The lowest BCUT2D eigenvalue weighted by molar-refractivity contribution is -0.170. The summed E-state index contributed by atoms with van der Waals surface area (Å²) in [6.45, 7) is 1.97. The maximum Gasteiger partial charge on any atom is 0.336 e. The number of amides is 1. The minimum atomic E-state index is -2.74. The highest BCUT2D eigenvalue weighted by Crippen LogP contribution is 2.35. The Morgan fingerprint density at radius 2 is 1.57 bits per heavy atom. The first-order valence-corrected chi connectivity index (χ1v) is 13.7. The number of rotatable bonds is 9. The Bertz CT molecular complexity index is 1330. The molecule has 0 aliphatic carbocycles. The van der Waals surface area contributed by atoms with Crippen LogP contribution in [-0.4, -0.2) is 85.8 Å². The summed E-state index contributed by atoms with van der Waals surface area (Å²) in [5, 5.41) is 35.0. The van der Waals surface area contributed by atoms with Crippen LogP contribution in [0.1, 0.15) is 42.7 Å². The normalized spacial score (nSPS) is 19.1. The lowest BCUT2D eigenvalue weighted by Crippen LogP contribution is -2.43. The fourth-order valence-electron chi connectivity index (χ4n) is 5.10. The van der Waals surface area contributed by atoms with Gasteiger partial charge in [0.25, 0.3) is 5.91 Å². The molecule has 2 heterocycles. The van der Waals surface area contributed by atoms with Crippen LogP contribution >= 0.6 is 23.2 Å². The fraction of sp³-hybridized carbons (Fsp3) is 0.379. The lowest BCUT2D eigenvalue weighted by Gasteiger charge is -2.38. The zero-order valence-electron chi connectivity index (χ0n) is 22.7. The molecule has 4 N–H and O–H groups in total. The third-order valence-electron chi connectivity index (χ3n) is 7.22. The standard InChI is InChI=1S/C23H23Cl2FN2O.C6H8O7/c1-27-8-6-17(16-2-4-20(26)5-3-16)12-22(27)21-7-9-28(23(21)29)14-15-10-18(24)13-19(25)11-15;7-3(8)1-6(13,5(11)12)2-4(9)10/h2-5,7,10-11,13,17,22H,6,8-9,12,14H2,1H3;13H,1-2H2,(H,7,8)(H,9,10)(H,11,12). The second-order valence-corrected chi connectivity index (χ2v) is 11.2. The van der Waals surface area contributed by atoms with Crippen LogP contribution < -0.4 is 0 Å². The number of carbonyl (C=O) groups excluding carboxylic acids is 1. The lowest BCUT2D eigenvalue weighted by atomic mass is 9.83. The molecule has 2 aliphatic rings. The van der Waals surface area contributed by atoms with Gasteiger partial charge in [0.15, 0.2) is 5.60 Å². The molecule has 2 unspecified atom stereocenters. The molecule has 0 bridgehead atoms. The topological polar surface area (TPSA) is 156 Å². The van der Waals surface area contributed by atoms with Gasteiger partial charge in [-0.3, -0.25) is 19.3 Å². The maximum atomic E-state index is 13.3. The Labute approximate surface area is 251 Å². The van der Waals surface area contributed by atoms with E-state index in [0.717, 1.165) is 36.1 Å². The summed E-state index contributed by atoms with van der Waals surface area (Å²) >= 11 is 12.2. The second-order valence-electron chi connectivity index (χ2n) is 10.4. The Morgan fingerprint density at radius 3 is 2.10 bits per heavy atom. The van der Waals surface area contributed by atoms with Crippen molar-refractivity contribution in [3.05, 3.63) is 81.1 Å². The number of halogens is 3. The van der Waals surface area contributed by atoms with Gasteiger partial charge in [-0.2, -0.15) is 0 Å². The minimum absolute atomic E-state index is 0.0673. The third-order valence-corrected chi connectivity index (χ3v) is 7.65. The number of carboxylic acids is 3. The van der Waals surface area contributed by atoms with Crippen LogP contribution in [0.4, 0.5) is 4.39 Å². The summed E-state index contributed by atoms with van der Waals surface area (Å²) in [6, 6.07) is 12.2. The van der Waals surface area contributed by atoms with Crippen LogP contribution in [-0.2, 0) is 25.7 Å². The number of benzene rings is 2. The zero-order valence-corrected chi connectivity index (χ0v) is 24.2. The molecule has 42 heavy (non-hydrogen) atoms. The Morgan fingerprint density at radius 1 is 1.00 bits per heavy atom. The summed E-state index contributed by atoms with van der Waals surface area (Å²) in [6.07, 6.45) is 1.62.